The summed E-state index contributed by atoms with van der Waals surface area (Å²) in [6.07, 6.45) is 3.00. The Labute approximate surface area is 209 Å². The van der Waals surface area contributed by atoms with Crippen LogP contribution in [0.3, 0.4) is 0 Å². The molecule has 0 spiro atoms. The minimum Gasteiger partial charge on any atom is -0.540 e. The summed E-state index contributed by atoms with van der Waals surface area (Å²) in [5.74, 6) is 1.34. The largest absolute Gasteiger partial charge is 0.540 e. The molecule has 0 fully saturated rings. The number of aliphatic hydroxyl groups excluding tert-OH is 1. The predicted octanol–water partition coefficient (Wildman–Crippen LogP) is 6.19. The Morgan fingerprint density at radius 1 is 1.03 bits per heavy atom. The minimum absolute atomic E-state index is 0. The number of aliphatic hydroxyl groups is 1. The molecule has 177 valence electrons. The molecule has 1 N–H and O–H groups in total. The molecule has 0 aliphatic carbocycles. The second kappa shape index (κ2) is 12.9. The van der Waals surface area contributed by atoms with Crippen molar-refractivity contribution in [1.29, 1.82) is 0 Å². The fourth-order valence-corrected chi connectivity index (χ4v) is 3.59. The topological polar surface area (TPSA) is 68.7 Å². The molecule has 1 radical (unpaired) electrons. The fraction of sp³-hybridized carbons (Fsp3) is 0.259. The van der Waals surface area contributed by atoms with Crippen LogP contribution < -0.4 is 9.47 Å². The summed E-state index contributed by atoms with van der Waals surface area (Å²) in [6, 6.07) is 15.4. The molecule has 0 saturated heterocycles. The molecule has 5 nitrogen and oxygen atoms in total. The maximum absolute atomic E-state index is 10.0. The van der Waals surface area contributed by atoms with Crippen LogP contribution in [-0.2, 0) is 24.3 Å². The first kappa shape index (κ1) is 28.1. The van der Waals surface area contributed by atoms with Gasteiger partial charge < -0.3 is 19.6 Å². The van der Waals surface area contributed by atoms with Gasteiger partial charge in [0.25, 0.3) is 0 Å². The van der Waals surface area contributed by atoms with Crippen LogP contribution in [0.15, 0.2) is 54.4 Å². The molecule has 0 amide bonds. The number of benzene rings is 2. The maximum Gasteiger partial charge on any atom is 0.155 e. The molecule has 1 aromatic heterocycles. The van der Waals surface area contributed by atoms with Gasteiger partial charge >= 0.3 is 0 Å². The van der Waals surface area contributed by atoms with E-state index in [1.54, 1.807) is 20.3 Å². The van der Waals surface area contributed by atoms with Crippen molar-refractivity contribution in [2.45, 2.75) is 34.6 Å². The van der Waals surface area contributed by atoms with E-state index >= 15 is 0 Å². The van der Waals surface area contributed by atoms with E-state index in [0.29, 0.717) is 11.5 Å². The first-order chi connectivity index (χ1) is 15.2. The maximum atomic E-state index is 10.0. The average Bonchev–Trinajstić information content (AvgIpc) is 2.72. The summed E-state index contributed by atoms with van der Waals surface area (Å²) in [7, 11) is 3.27. The first-order valence-electron chi connectivity index (χ1n) is 10.2. The summed E-state index contributed by atoms with van der Waals surface area (Å²) in [5, 5.41) is 8.36. The van der Waals surface area contributed by atoms with E-state index in [1.807, 2.05) is 18.3 Å². The van der Waals surface area contributed by atoms with Crippen LogP contribution in [0.5, 0.6) is 11.5 Å². The van der Waals surface area contributed by atoms with Crippen molar-refractivity contribution in [3.05, 3.63) is 77.2 Å². The molecule has 6 heteroatoms. The van der Waals surface area contributed by atoms with Crippen molar-refractivity contribution < 1.29 is 38.9 Å². The molecular weight excluding hydrogens is 505 g/mol. The summed E-state index contributed by atoms with van der Waals surface area (Å²) in [6.45, 7) is 9.27. The van der Waals surface area contributed by atoms with E-state index in [2.05, 4.69) is 50.0 Å². The van der Waals surface area contributed by atoms with Gasteiger partial charge in [-0.05, 0) is 68.6 Å². The molecule has 33 heavy (non-hydrogen) atoms. The smallest absolute Gasteiger partial charge is 0.155 e. The van der Waals surface area contributed by atoms with E-state index in [-0.39, 0.29) is 31.0 Å². The van der Waals surface area contributed by atoms with Crippen molar-refractivity contribution >= 4 is 5.78 Å². The van der Waals surface area contributed by atoms with E-state index in [9.17, 15) is 4.79 Å². The number of ether oxygens (including phenoxy) is 2. The summed E-state index contributed by atoms with van der Waals surface area (Å²) in [5.41, 5.74) is 7.86. The third kappa shape index (κ3) is 7.83. The second-order valence-corrected chi connectivity index (χ2v) is 7.58. The van der Waals surface area contributed by atoms with Gasteiger partial charge in [-0.15, -0.1) is 12.1 Å². The van der Waals surface area contributed by atoms with Crippen LogP contribution in [-0.4, -0.2) is 30.1 Å². The number of methoxy groups -OCH3 is 2. The third-order valence-corrected chi connectivity index (χ3v) is 4.73. The number of carbonyl (C=O) groups is 1. The number of hydrogen-bond donors (Lipinski definition) is 1. The zero-order valence-corrected chi connectivity index (χ0v) is 21.7. The molecule has 2 aromatic carbocycles. The molecule has 0 aliphatic heterocycles. The van der Waals surface area contributed by atoms with Gasteiger partial charge in [0.1, 0.15) is 0 Å². The molecule has 0 atom stereocenters. The quantitative estimate of drug-likeness (QED) is 0.183. The van der Waals surface area contributed by atoms with Gasteiger partial charge in [0.15, 0.2) is 5.78 Å². The van der Waals surface area contributed by atoms with Gasteiger partial charge in [-0.1, -0.05) is 35.4 Å². The van der Waals surface area contributed by atoms with Crippen LogP contribution >= 0.6 is 0 Å². The Morgan fingerprint density at radius 2 is 1.67 bits per heavy atom. The van der Waals surface area contributed by atoms with Crippen molar-refractivity contribution in [3.63, 3.8) is 0 Å². The van der Waals surface area contributed by atoms with Crippen LogP contribution in [0.25, 0.3) is 22.4 Å². The van der Waals surface area contributed by atoms with Crippen molar-refractivity contribution in [3.8, 4) is 33.9 Å². The van der Waals surface area contributed by atoms with E-state index < -0.39 is 0 Å². The zero-order valence-electron chi connectivity index (χ0n) is 20.1. The Kier molecular flexibility index (Phi) is 11.0. The Bertz CT molecular complexity index is 1110. The van der Waals surface area contributed by atoms with Gasteiger partial charge in [-0.25, -0.2) is 0 Å². The van der Waals surface area contributed by atoms with Gasteiger partial charge in [-0.2, -0.15) is 0 Å². The molecule has 1 heterocycles. The standard InChI is InChI=1S/C22H22NO2.C5H8O2.Rh/c1-14-10-15(2)22(16(3)11-14)17-8-9-23-20(12-17)19-7-6-18(24-4)13-21(19)25-5;1-4(6)3-5(2)7;/h6,8-13H,1-5H3;3,6H,1-2H3;/q-1;;/b;4-3-;. The van der Waals surface area contributed by atoms with Crippen LogP contribution in [0.1, 0.15) is 30.5 Å². The number of aromatic nitrogens is 1. The van der Waals surface area contributed by atoms with Crippen LogP contribution in [0, 0.1) is 26.8 Å². The number of allylic oxidation sites excluding steroid dienone is 2. The van der Waals surface area contributed by atoms with Crippen molar-refractivity contribution in [2.24, 2.45) is 0 Å². The third-order valence-electron chi connectivity index (χ3n) is 4.73. The van der Waals surface area contributed by atoms with E-state index in [4.69, 9.17) is 14.6 Å². The fourth-order valence-electron chi connectivity index (χ4n) is 3.59. The second-order valence-electron chi connectivity index (χ2n) is 7.58. The Balaban J connectivity index is 0.000000595. The minimum atomic E-state index is -0.125. The van der Waals surface area contributed by atoms with Crippen molar-refractivity contribution in [1.82, 2.24) is 4.98 Å². The summed E-state index contributed by atoms with van der Waals surface area (Å²) >= 11 is 0. The first-order valence-corrected chi connectivity index (χ1v) is 10.2. The van der Waals surface area contributed by atoms with Gasteiger partial charge in [-0.3, -0.25) is 4.79 Å². The monoisotopic (exact) mass is 535 g/mol. The predicted molar refractivity (Wildman–Crippen MR) is 128 cm³/mol. The van der Waals surface area contributed by atoms with Crippen LogP contribution in [0.2, 0.25) is 0 Å². The number of nitrogens with zero attached hydrogens (tertiary/aromatic N) is 1. The summed E-state index contributed by atoms with van der Waals surface area (Å²) < 4.78 is 10.8. The molecule has 3 rings (SSSR count). The van der Waals surface area contributed by atoms with E-state index in [1.165, 1.54) is 42.2 Å². The number of aryl methyl sites for hydroxylation is 3. The van der Waals surface area contributed by atoms with Gasteiger partial charge in [0, 0.05) is 43.2 Å². The SMILES string of the molecule is CC(=O)/C=C(/C)O.COc1c[c-]c(-c2cc(-c3c(C)cc(C)cc3C)ccn2)c(OC)c1.[Rh]. The number of pyridine rings is 1. The Morgan fingerprint density at radius 3 is 2.15 bits per heavy atom. The number of ketones is 1. The zero-order chi connectivity index (χ0) is 23.8. The molecule has 0 aliphatic rings. The average molecular weight is 535 g/mol. The molecule has 0 unspecified atom stereocenters. The Hall–Kier alpha value is -2.98. The molecule has 0 bridgehead atoms. The molecular formula is C27H30NO4Rh-. The van der Waals surface area contributed by atoms with Crippen LogP contribution in [0.4, 0.5) is 0 Å². The normalized spacial score (nSPS) is 10.5. The van der Waals surface area contributed by atoms with E-state index in [0.717, 1.165) is 16.8 Å². The van der Waals surface area contributed by atoms with Crippen molar-refractivity contribution in [2.75, 3.05) is 14.2 Å². The summed E-state index contributed by atoms with van der Waals surface area (Å²) in [4.78, 5) is 14.5. The number of carbonyl (C=O) groups excluding carboxylic acids is 1. The number of rotatable bonds is 5. The van der Waals surface area contributed by atoms with Gasteiger partial charge in [0.05, 0.1) is 20.0 Å². The molecule has 0 saturated carbocycles. The molecule has 3 aromatic rings. The van der Waals surface area contributed by atoms with Gasteiger partial charge in [0.2, 0.25) is 0 Å². The number of hydrogen-bond acceptors (Lipinski definition) is 5.